The summed E-state index contributed by atoms with van der Waals surface area (Å²) in [7, 11) is 6.32. The van der Waals surface area contributed by atoms with Gasteiger partial charge in [0.25, 0.3) is 0 Å². The summed E-state index contributed by atoms with van der Waals surface area (Å²) < 4.78 is 10.3. The van der Waals surface area contributed by atoms with Crippen LogP contribution in [0.25, 0.3) is 22.1 Å². The van der Waals surface area contributed by atoms with Gasteiger partial charge in [0.05, 0.1) is 65.1 Å². The van der Waals surface area contributed by atoms with Crippen molar-refractivity contribution in [2.45, 2.75) is 12.8 Å². The van der Waals surface area contributed by atoms with Crippen LogP contribution in [0.15, 0.2) is 83.3 Å². The van der Waals surface area contributed by atoms with Crippen LogP contribution >= 0.6 is 0 Å². The first kappa shape index (κ1) is 27.1. The van der Waals surface area contributed by atoms with E-state index in [1.165, 1.54) is 19.1 Å². The molecule has 0 bridgehead atoms. The van der Waals surface area contributed by atoms with Crippen LogP contribution in [0.3, 0.4) is 0 Å². The largest absolute Gasteiger partial charge is 0.466 e. The van der Waals surface area contributed by atoms with Crippen LogP contribution in [0.2, 0.25) is 0 Å². The lowest BCUT2D eigenvalue weighted by atomic mass is 9.80. The number of rotatable bonds is 5. The van der Waals surface area contributed by atoms with E-state index in [4.69, 9.17) is 25.2 Å². The normalized spacial score (nSPS) is 15.2. The number of esters is 2. The van der Waals surface area contributed by atoms with Crippen molar-refractivity contribution in [3.05, 3.63) is 94.5 Å². The van der Waals surface area contributed by atoms with E-state index in [2.05, 4.69) is 6.07 Å². The van der Waals surface area contributed by atoms with Crippen molar-refractivity contribution in [1.82, 2.24) is 9.97 Å². The van der Waals surface area contributed by atoms with Crippen molar-refractivity contribution in [3.8, 4) is 6.07 Å². The molecule has 1 unspecified atom stereocenters. The van der Waals surface area contributed by atoms with E-state index in [-0.39, 0.29) is 22.7 Å². The molecule has 5 rings (SSSR count). The molecule has 1 aromatic heterocycles. The van der Waals surface area contributed by atoms with Crippen LogP contribution < -0.4 is 15.5 Å². The summed E-state index contributed by atoms with van der Waals surface area (Å²) >= 11 is 0. The summed E-state index contributed by atoms with van der Waals surface area (Å²) in [4.78, 5) is 39.7. The Kier molecular flexibility index (Phi) is 7.03. The molecule has 2 heterocycles. The fraction of sp³-hybridized carbons (Fsp3) is 0.194. The third-order valence-electron chi connectivity index (χ3n) is 7.10. The lowest BCUT2D eigenvalue weighted by molar-refractivity contribution is -0.139. The number of hydrogen-bond acceptors (Lipinski definition) is 10. The minimum atomic E-state index is -0.951. The molecule has 41 heavy (non-hydrogen) atoms. The van der Waals surface area contributed by atoms with Crippen molar-refractivity contribution in [3.63, 3.8) is 0 Å². The molecule has 0 saturated heterocycles. The lowest BCUT2D eigenvalue weighted by Gasteiger charge is -2.36. The Hall–Kier alpha value is -5.43. The summed E-state index contributed by atoms with van der Waals surface area (Å²) in [5.74, 6) is -2.57. The van der Waals surface area contributed by atoms with Gasteiger partial charge in [0.15, 0.2) is 0 Å². The molecule has 3 aromatic carbocycles. The molecule has 0 aliphatic carbocycles. The van der Waals surface area contributed by atoms with Crippen LogP contribution in [0.1, 0.15) is 17.0 Å². The molecule has 2 N–H and O–H groups in total. The Morgan fingerprint density at radius 3 is 2.20 bits per heavy atom. The highest BCUT2D eigenvalue weighted by atomic mass is 16.5. The second-order valence-electron chi connectivity index (χ2n) is 9.75. The van der Waals surface area contributed by atoms with Gasteiger partial charge in [-0.25, -0.2) is 19.6 Å². The fourth-order valence-corrected chi connectivity index (χ4v) is 5.09. The van der Waals surface area contributed by atoms with Gasteiger partial charge >= 0.3 is 11.9 Å². The van der Waals surface area contributed by atoms with Gasteiger partial charge in [0, 0.05) is 19.8 Å². The number of carbonyl (C=O) groups excluding carboxylic acids is 2. The summed E-state index contributed by atoms with van der Waals surface area (Å²) in [6.07, 6.45) is 0. The molecule has 206 valence electrons. The highest BCUT2D eigenvalue weighted by Crippen LogP contribution is 2.44. The van der Waals surface area contributed by atoms with Crippen molar-refractivity contribution in [2.75, 3.05) is 38.1 Å². The standard InChI is InChI=1S/C31H28N6O4/c1-17-13-22-24(35-23-14-19(36(2)3)11-12-21(23)34-22)15-25(17)37-28(31(39)41-5)27(30(38)40-4)26(20(16-32)29(37)33)18-9-7-6-8-10-18/h6-15,26H,33H2,1-5H3. The van der Waals surface area contributed by atoms with E-state index in [1.807, 2.05) is 56.3 Å². The van der Waals surface area contributed by atoms with Gasteiger partial charge in [-0.15, -0.1) is 0 Å². The lowest BCUT2D eigenvalue weighted by Crippen LogP contribution is -2.41. The number of carbonyl (C=O) groups is 2. The van der Waals surface area contributed by atoms with E-state index >= 15 is 0 Å². The number of anilines is 2. The number of hydrogen-bond donors (Lipinski definition) is 1. The first-order chi connectivity index (χ1) is 19.7. The number of aromatic nitrogens is 2. The molecule has 0 amide bonds. The zero-order valence-corrected chi connectivity index (χ0v) is 23.3. The number of fused-ring (bicyclic) bond motifs is 2. The summed E-state index contributed by atoms with van der Waals surface area (Å²) in [6, 6.07) is 20.4. The van der Waals surface area contributed by atoms with Crippen molar-refractivity contribution >= 4 is 45.4 Å². The predicted octanol–water partition coefficient (Wildman–Crippen LogP) is 4.06. The summed E-state index contributed by atoms with van der Waals surface area (Å²) in [5, 5.41) is 10.3. The van der Waals surface area contributed by atoms with Gasteiger partial charge in [-0.05, 0) is 48.4 Å². The smallest absolute Gasteiger partial charge is 0.355 e. The zero-order valence-electron chi connectivity index (χ0n) is 23.3. The van der Waals surface area contributed by atoms with Crippen LogP contribution in [-0.2, 0) is 19.1 Å². The van der Waals surface area contributed by atoms with E-state index in [9.17, 15) is 14.9 Å². The minimum Gasteiger partial charge on any atom is -0.466 e. The quantitative estimate of drug-likeness (QED) is 0.287. The maximum Gasteiger partial charge on any atom is 0.355 e. The zero-order chi connectivity index (χ0) is 29.4. The topological polar surface area (TPSA) is 135 Å². The Labute approximate surface area is 236 Å². The molecule has 0 radical (unpaired) electrons. The van der Waals surface area contributed by atoms with Crippen molar-refractivity contribution in [2.24, 2.45) is 5.73 Å². The molecule has 0 fully saturated rings. The van der Waals surface area contributed by atoms with E-state index in [0.29, 0.717) is 33.4 Å². The monoisotopic (exact) mass is 548 g/mol. The van der Waals surface area contributed by atoms with Crippen molar-refractivity contribution in [1.29, 1.82) is 5.26 Å². The van der Waals surface area contributed by atoms with Gasteiger partial charge in [-0.1, -0.05) is 30.3 Å². The van der Waals surface area contributed by atoms with E-state index in [0.717, 1.165) is 11.2 Å². The fourth-order valence-electron chi connectivity index (χ4n) is 5.09. The van der Waals surface area contributed by atoms with Gasteiger partial charge < -0.3 is 20.1 Å². The Morgan fingerprint density at radius 2 is 1.56 bits per heavy atom. The van der Waals surface area contributed by atoms with Gasteiger partial charge in [-0.2, -0.15) is 5.26 Å². The minimum absolute atomic E-state index is 0.0134. The number of nitrogens with two attached hydrogens (primary N) is 1. The van der Waals surface area contributed by atoms with Crippen LogP contribution in [0.5, 0.6) is 0 Å². The number of nitriles is 1. The molecule has 0 saturated carbocycles. The first-order valence-corrected chi connectivity index (χ1v) is 12.7. The third-order valence-corrected chi connectivity index (χ3v) is 7.10. The van der Waals surface area contributed by atoms with Crippen LogP contribution in [-0.4, -0.2) is 50.2 Å². The second kappa shape index (κ2) is 10.6. The van der Waals surface area contributed by atoms with Crippen LogP contribution in [0, 0.1) is 18.3 Å². The van der Waals surface area contributed by atoms with Gasteiger partial charge in [0.1, 0.15) is 11.5 Å². The number of benzene rings is 3. The summed E-state index contributed by atoms with van der Waals surface area (Å²) in [5.41, 5.74) is 11.8. The third kappa shape index (κ3) is 4.57. The molecule has 10 nitrogen and oxygen atoms in total. The average molecular weight is 549 g/mol. The number of ether oxygens (including phenoxy) is 2. The molecule has 0 spiro atoms. The highest BCUT2D eigenvalue weighted by Gasteiger charge is 2.43. The molecular weight excluding hydrogens is 520 g/mol. The van der Waals surface area contributed by atoms with Gasteiger partial charge in [-0.3, -0.25) is 4.90 Å². The number of aryl methyl sites for hydroxylation is 1. The molecule has 1 atom stereocenters. The number of allylic oxidation sites excluding steroid dienone is 1. The number of methoxy groups -OCH3 is 2. The Morgan fingerprint density at radius 1 is 0.927 bits per heavy atom. The maximum absolute atomic E-state index is 13.4. The number of nitrogens with zero attached hydrogens (tertiary/aromatic N) is 5. The highest BCUT2D eigenvalue weighted by molar-refractivity contribution is 6.07. The summed E-state index contributed by atoms with van der Waals surface area (Å²) in [6.45, 7) is 1.82. The first-order valence-electron chi connectivity index (χ1n) is 12.7. The van der Waals surface area contributed by atoms with Crippen molar-refractivity contribution < 1.29 is 19.1 Å². The molecular formula is C31H28N6O4. The maximum atomic E-state index is 13.4. The van der Waals surface area contributed by atoms with Crippen LogP contribution in [0.4, 0.5) is 11.4 Å². The second-order valence-corrected chi connectivity index (χ2v) is 9.75. The molecule has 1 aliphatic rings. The average Bonchev–Trinajstić information content (AvgIpc) is 2.98. The SMILES string of the molecule is COC(=O)C1=C(C(=O)OC)N(c2cc3nc4cc(N(C)C)ccc4nc3cc2C)C(N)=C(C#N)C1c1ccccc1. The van der Waals surface area contributed by atoms with Gasteiger partial charge in [0.2, 0.25) is 0 Å². The van der Waals surface area contributed by atoms with E-state index < -0.39 is 17.9 Å². The Bertz CT molecular complexity index is 1820. The Balaban J connectivity index is 1.82. The predicted molar refractivity (Wildman–Crippen MR) is 156 cm³/mol. The molecule has 10 heteroatoms. The molecule has 1 aliphatic heterocycles. The van der Waals surface area contributed by atoms with E-state index in [1.54, 1.807) is 30.3 Å². The molecule has 4 aromatic rings.